The highest BCUT2D eigenvalue weighted by molar-refractivity contribution is 5.25. The molecule has 0 aromatic carbocycles. The second kappa shape index (κ2) is 8.13. The number of fused-ring (bicyclic) bond motifs is 3. The first-order valence-corrected chi connectivity index (χ1v) is 16.8. The van der Waals surface area contributed by atoms with Gasteiger partial charge in [0.2, 0.25) is 0 Å². The molecule has 0 bridgehead atoms. The maximum atomic E-state index is 12.0. The zero-order chi connectivity index (χ0) is 26.1. The van der Waals surface area contributed by atoms with Crippen molar-refractivity contribution in [1.29, 1.82) is 0 Å². The lowest BCUT2D eigenvalue weighted by Gasteiger charge is -2.61. The summed E-state index contributed by atoms with van der Waals surface area (Å²) in [6.07, 6.45) is 22.3. The highest BCUT2D eigenvalue weighted by Gasteiger charge is 2.69. The summed E-state index contributed by atoms with van der Waals surface area (Å²) in [6.45, 7) is 9.91. The minimum atomic E-state index is -0.634. The van der Waals surface area contributed by atoms with Crippen LogP contribution in [0.25, 0.3) is 0 Å². The molecule has 7 saturated carbocycles. The minimum absolute atomic E-state index is 0.0803. The van der Waals surface area contributed by atoms with Crippen molar-refractivity contribution in [1.82, 2.24) is 0 Å². The van der Waals surface area contributed by atoms with E-state index in [0.29, 0.717) is 41.1 Å². The highest BCUT2D eigenvalue weighted by atomic mass is 16.6. The summed E-state index contributed by atoms with van der Waals surface area (Å²) >= 11 is 0. The van der Waals surface area contributed by atoms with Gasteiger partial charge < -0.3 is 14.9 Å². The van der Waals surface area contributed by atoms with Gasteiger partial charge in [0.05, 0.1) is 23.4 Å². The molecule has 3 heteroatoms. The monoisotopic (exact) mass is 522 g/mol. The lowest BCUT2D eigenvalue weighted by atomic mass is 9.44. The Labute approximate surface area is 231 Å². The normalized spacial score (nSPS) is 58.8. The number of hydrogen-bond acceptors (Lipinski definition) is 3. The molecule has 0 aromatic heterocycles. The van der Waals surface area contributed by atoms with Gasteiger partial charge in [0.1, 0.15) is 0 Å². The molecular formula is C35H54O3. The van der Waals surface area contributed by atoms with Gasteiger partial charge in [0, 0.05) is 11.8 Å². The van der Waals surface area contributed by atoms with Gasteiger partial charge in [-0.1, -0.05) is 44.8 Å². The van der Waals surface area contributed by atoms with Crippen LogP contribution in [0.1, 0.15) is 129 Å². The fourth-order valence-corrected chi connectivity index (χ4v) is 13.6. The Morgan fingerprint density at radius 3 is 2.42 bits per heavy atom. The van der Waals surface area contributed by atoms with Gasteiger partial charge in [-0.25, -0.2) is 0 Å². The summed E-state index contributed by atoms with van der Waals surface area (Å²) in [5, 5.41) is 22.5. The molecule has 0 aromatic rings. The van der Waals surface area contributed by atoms with Crippen molar-refractivity contribution in [2.45, 2.75) is 153 Å². The van der Waals surface area contributed by atoms with E-state index in [0.717, 1.165) is 37.0 Å². The Bertz CT molecular complexity index is 999. The molecule has 2 spiro atoms. The van der Waals surface area contributed by atoms with Crippen molar-refractivity contribution in [2.24, 2.45) is 51.8 Å². The van der Waals surface area contributed by atoms with Crippen LogP contribution in [-0.2, 0) is 4.74 Å². The third-order valence-electron chi connectivity index (χ3n) is 15.0. The van der Waals surface area contributed by atoms with E-state index < -0.39 is 5.60 Å². The number of hydrogen-bond donors (Lipinski definition) is 2. The van der Waals surface area contributed by atoms with E-state index in [4.69, 9.17) is 11.3 Å². The van der Waals surface area contributed by atoms with Crippen LogP contribution in [-0.4, -0.2) is 33.6 Å². The number of aliphatic hydroxyl groups excluding tert-OH is 1. The maximum absolute atomic E-state index is 12.0. The fraction of sp³-hybridized carbons (Fsp3) is 0.943. The third kappa shape index (κ3) is 3.49. The first kappa shape index (κ1) is 25.3. The lowest BCUT2D eigenvalue weighted by Crippen LogP contribution is -2.55. The van der Waals surface area contributed by atoms with E-state index in [-0.39, 0.29) is 17.1 Å². The molecule has 1 heterocycles. The van der Waals surface area contributed by atoms with Crippen molar-refractivity contribution < 1.29 is 14.9 Å². The van der Waals surface area contributed by atoms with Gasteiger partial charge in [-0.15, -0.1) is 0 Å². The Balaban J connectivity index is 1.09. The van der Waals surface area contributed by atoms with E-state index in [9.17, 15) is 10.2 Å². The van der Waals surface area contributed by atoms with Crippen LogP contribution in [0.3, 0.4) is 0 Å². The zero-order valence-corrected chi connectivity index (χ0v) is 24.4. The highest BCUT2D eigenvalue weighted by Crippen LogP contribution is 2.72. The average molecular weight is 523 g/mol. The van der Waals surface area contributed by atoms with E-state index in [1.54, 1.807) is 5.57 Å². The molecule has 7 aliphatic carbocycles. The summed E-state index contributed by atoms with van der Waals surface area (Å²) in [7, 11) is 0. The van der Waals surface area contributed by atoms with Gasteiger partial charge in [-0.2, -0.15) is 0 Å². The van der Waals surface area contributed by atoms with Crippen LogP contribution in [0, 0.1) is 51.8 Å². The van der Waals surface area contributed by atoms with Crippen molar-refractivity contribution in [2.75, 3.05) is 0 Å². The zero-order valence-electron chi connectivity index (χ0n) is 24.4. The molecule has 38 heavy (non-hydrogen) atoms. The van der Waals surface area contributed by atoms with Gasteiger partial charge in [-0.05, 0) is 137 Å². The molecule has 1 aliphatic heterocycles. The molecule has 0 unspecified atom stereocenters. The molecule has 12 atom stereocenters. The molecule has 8 fully saturated rings. The number of allylic oxidation sites excluding steroid dienone is 1. The van der Waals surface area contributed by atoms with Crippen molar-refractivity contribution in [3.05, 3.63) is 12.2 Å². The topological polar surface area (TPSA) is 53.0 Å². The van der Waals surface area contributed by atoms with Crippen molar-refractivity contribution >= 4 is 0 Å². The van der Waals surface area contributed by atoms with Gasteiger partial charge >= 0.3 is 0 Å². The average Bonchev–Trinajstić information content (AvgIpc) is 3.18. The summed E-state index contributed by atoms with van der Waals surface area (Å²) in [4.78, 5) is 0. The van der Waals surface area contributed by atoms with Gasteiger partial charge in [0.15, 0.2) is 0 Å². The summed E-state index contributed by atoms with van der Waals surface area (Å²) < 4.78 is 6.85. The molecule has 212 valence electrons. The summed E-state index contributed by atoms with van der Waals surface area (Å²) in [5.41, 5.74) is 2.29. The molecule has 1 saturated heterocycles. The fourth-order valence-electron chi connectivity index (χ4n) is 13.6. The van der Waals surface area contributed by atoms with Crippen molar-refractivity contribution in [3.8, 4) is 0 Å². The first-order chi connectivity index (χ1) is 18.1. The quantitative estimate of drug-likeness (QED) is 0.276. The molecule has 2 N–H and O–H groups in total. The molecule has 3 nitrogen and oxygen atoms in total. The largest absolute Gasteiger partial charge is 0.393 e. The van der Waals surface area contributed by atoms with Crippen LogP contribution < -0.4 is 0 Å². The van der Waals surface area contributed by atoms with Crippen LogP contribution in [0.5, 0.6) is 0 Å². The molecule has 0 amide bonds. The Morgan fingerprint density at radius 2 is 1.61 bits per heavy atom. The van der Waals surface area contributed by atoms with Crippen LogP contribution in [0.2, 0.25) is 0 Å². The number of ether oxygens (including phenoxy) is 1. The Hall–Kier alpha value is -0.380. The molecular weight excluding hydrogens is 468 g/mol. The second-order valence-corrected chi connectivity index (χ2v) is 17.2. The van der Waals surface area contributed by atoms with Crippen LogP contribution >= 0.6 is 0 Å². The predicted molar refractivity (Wildman–Crippen MR) is 150 cm³/mol. The van der Waals surface area contributed by atoms with E-state index >= 15 is 0 Å². The summed E-state index contributed by atoms with van der Waals surface area (Å²) in [6, 6.07) is 0. The number of epoxide rings is 1. The maximum Gasteiger partial charge on any atom is 0.0930 e. The molecule has 8 rings (SSSR count). The first-order valence-electron chi connectivity index (χ1n) is 16.8. The SMILES string of the molecule is C=C1C[C@@]2(CC[C@@H]([C@H]3C[C@]4(O)C[C@@H](O)CC[C@H]4CC34CCCC4)C2)[C@@H]2O[C@]2(C)C[C@@H]2CCC[C@@]3(C)C[C@H]1[C@@H]23. The molecule has 0 radical (unpaired) electrons. The smallest absolute Gasteiger partial charge is 0.0930 e. The number of aliphatic hydroxyl groups is 2. The second-order valence-electron chi connectivity index (χ2n) is 17.2. The predicted octanol–water partition coefficient (Wildman–Crippen LogP) is 7.59. The Kier molecular flexibility index (Phi) is 5.42. The molecule has 8 aliphatic rings. The Morgan fingerprint density at radius 1 is 0.789 bits per heavy atom. The van der Waals surface area contributed by atoms with Gasteiger partial charge in [0.25, 0.3) is 0 Å². The lowest BCUT2D eigenvalue weighted by molar-refractivity contribution is -0.165. The van der Waals surface area contributed by atoms with E-state index in [1.165, 1.54) is 89.9 Å². The third-order valence-corrected chi connectivity index (χ3v) is 15.0. The van der Waals surface area contributed by atoms with Crippen LogP contribution in [0.4, 0.5) is 0 Å². The summed E-state index contributed by atoms with van der Waals surface area (Å²) in [5.74, 6) is 4.16. The van der Waals surface area contributed by atoms with E-state index in [1.807, 2.05) is 0 Å². The van der Waals surface area contributed by atoms with Crippen molar-refractivity contribution in [3.63, 3.8) is 0 Å². The van der Waals surface area contributed by atoms with Crippen LogP contribution in [0.15, 0.2) is 12.2 Å². The number of rotatable bonds is 1. The minimum Gasteiger partial charge on any atom is -0.393 e. The van der Waals surface area contributed by atoms with Gasteiger partial charge in [-0.3, -0.25) is 0 Å². The van der Waals surface area contributed by atoms with E-state index in [2.05, 4.69) is 13.8 Å². The standard InChI is InChI=1S/C35H54O3/c1-22-15-34(30-32(3,38-30)16-24-7-6-11-31(2)20-27(22)29(24)31)14-10-23(17-34)28-21-35(37)19-26(36)9-8-25(35)18-33(28)12-4-5-13-33/h23-30,36-37H,1,4-21H2,2-3H3/t23-,24+,25+,26+,27-,28-,29-,30-,31+,32-,34-,35-/m1/s1.